The zero-order valence-corrected chi connectivity index (χ0v) is 12.0. The van der Waals surface area contributed by atoms with Crippen LogP contribution in [0.1, 0.15) is 35.3 Å². The summed E-state index contributed by atoms with van der Waals surface area (Å²) in [6.45, 7) is 2.57. The molecule has 1 N–H and O–H groups in total. The lowest BCUT2D eigenvalue weighted by molar-refractivity contribution is 0.0953. The molecule has 1 atom stereocenters. The van der Waals surface area contributed by atoms with E-state index in [4.69, 9.17) is 11.6 Å². The van der Waals surface area contributed by atoms with Crippen molar-refractivity contribution in [3.8, 4) is 0 Å². The van der Waals surface area contributed by atoms with E-state index in [9.17, 15) is 4.79 Å². The lowest BCUT2D eigenvalue weighted by atomic mass is 10.2. The van der Waals surface area contributed by atoms with Crippen molar-refractivity contribution in [1.29, 1.82) is 0 Å². The highest BCUT2D eigenvalue weighted by Crippen LogP contribution is 2.24. The summed E-state index contributed by atoms with van der Waals surface area (Å²) in [5.74, 6) is 1.15. The van der Waals surface area contributed by atoms with Crippen molar-refractivity contribution in [1.82, 2.24) is 10.3 Å². The third-order valence-corrected chi connectivity index (χ3v) is 4.54. The Kier molecular flexibility index (Phi) is 4.89. The van der Waals surface area contributed by atoms with Crippen molar-refractivity contribution in [2.24, 2.45) is 0 Å². The molecular weight excluding hydrogens is 268 g/mol. The van der Waals surface area contributed by atoms with Crippen LogP contribution in [-0.4, -0.2) is 28.4 Å². The van der Waals surface area contributed by atoms with Crippen LogP contribution >= 0.6 is 23.4 Å². The van der Waals surface area contributed by atoms with Crippen LogP contribution in [0.25, 0.3) is 0 Å². The molecule has 1 aromatic heterocycles. The second-order valence-corrected chi connectivity index (χ2v) is 6.31. The fraction of sp³-hybridized carbons (Fsp3) is 0.538. The van der Waals surface area contributed by atoms with E-state index >= 15 is 0 Å². The van der Waals surface area contributed by atoms with E-state index in [1.807, 2.05) is 18.7 Å². The molecule has 1 aromatic rings. The third-order valence-electron chi connectivity index (χ3n) is 2.95. The van der Waals surface area contributed by atoms with Gasteiger partial charge in [-0.3, -0.25) is 4.79 Å². The molecule has 0 saturated carbocycles. The first kappa shape index (κ1) is 13.7. The van der Waals surface area contributed by atoms with Gasteiger partial charge in [0.1, 0.15) is 5.15 Å². The zero-order chi connectivity index (χ0) is 13.0. The number of carbonyl (C=O) groups excluding carboxylic acids is 1. The predicted molar refractivity (Wildman–Crippen MR) is 76.4 cm³/mol. The molecule has 2 heterocycles. The molecular formula is C13H17ClN2OS. The van der Waals surface area contributed by atoms with Gasteiger partial charge < -0.3 is 5.32 Å². The van der Waals surface area contributed by atoms with E-state index in [0.717, 1.165) is 12.2 Å². The molecule has 0 aromatic carbocycles. The Morgan fingerprint density at radius 2 is 2.39 bits per heavy atom. The molecule has 18 heavy (non-hydrogen) atoms. The Balaban J connectivity index is 1.90. The van der Waals surface area contributed by atoms with Gasteiger partial charge in [0, 0.05) is 23.1 Å². The number of pyridine rings is 1. The standard InChI is InChI=1S/C13H17ClN2OS/c1-9-6-10(7-12(14)16-9)13(17)15-8-11-4-2-3-5-18-11/h6-7,11H,2-5,8H2,1H3,(H,15,17). The number of carbonyl (C=O) groups is 1. The molecule has 1 unspecified atom stereocenters. The van der Waals surface area contributed by atoms with E-state index in [-0.39, 0.29) is 5.91 Å². The number of rotatable bonds is 3. The van der Waals surface area contributed by atoms with Gasteiger partial charge in [-0.25, -0.2) is 4.98 Å². The van der Waals surface area contributed by atoms with Crippen LogP contribution in [0.3, 0.4) is 0 Å². The highest BCUT2D eigenvalue weighted by atomic mass is 35.5. The molecule has 1 fully saturated rings. The summed E-state index contributed by atoms with van der Waals surface area (Å²) in [5.41, 5.74) is 1.35. The largest absolute Gasteiger partial charge is 0.351 e. The van der Waals surface area contributed by atoms with E-state index in [0.29, 0.717) is 16.0 Å². The van der Waals surface area contributed by atoms with E-state index in [1.165, 1.54) is 25.0 Å². The van der Waals surface area contributed by atoms with Crippen molar-refractivity contribution < 1.29 is 4.79 Å². The van der Waals surface area contributed by atoms with Crippen LogP contribution in [0.2, 0.25) is 5.15 Å². The summed E-state index contributed by atoms with van der Waals surface area (Å²) < 4.78 is 0. The summed E-state index contributed by atoms with van der Waals surface area (Å²) in [6.07, 6.45) is 3.77. The SMILES string of the molecule is Cc1cc(C(=O)NCC2CCCCS2)cc(Cl)n1. The lowest BCUT2D eigenvalue weighted by Gasteiger charge is -2.21. The van der Waals surface area contributed by atoms with Crippen LogP contribution in [0.4, 0.5) is 0 Å². The van der Waals surface area contributed by atoms with Gasteiger partial charge in [0.05, 0.1) is 0 Å². The summed E-state index contributed by atoms with van der Waals surface area (Å²) >= 11 is 7.80. The minimum absolute atomic E-state index is 0.0615. The summed E-state index contributed by atoms with van der Waals surface area (Å²) in [6, 6.07) is 3.37. The minimum Gasteiger partial charge on any atom is -0.351 e. The first-order valence-corrected chi connectivity index (χ1v) is 7.62. The second-order valence-electron chi connectivity index (χ2n) is 4.52. The fourth-order valence-corrected chi connectivity index (χ4v) is 3.53. The Morgan fingerprint density at radius 3 is 3.06 bits per heavy atom. The Labute approximate surface area is 117 Å². The van der Waals surface area contributed by atoms with Gasteiger partial charge in [-0.05, 0) is 37.7 Å². The number of hydrogen-bond acceptors (Lipinski definition) is 3. The van der Waals surface area contributed by atoms with Gasteiger partial charge in [-0.15, -0.1) is 0 Å². The zero-order valence-electron chi connectivity index (χ0n) is 10.4. The van der Waals surface area contributed by atoms with Gasteiger partial charge in [-0.2, -0.15) is 11.8 Å². The smallest absolute Gasteiger partial charge is 0.251 e. The highest BCUT2D eigenvalue weighted by Gasteiger charge is 2.15. The van der Waals surface area contributed by atoms with Crippen LogP contribution in [0.15, 0.2) is 12.1 Å². The molecule has 0 bridgehead atoms. The van der Waals surface area contributed by atoms with Gasteiger partial charge in [0.15, 0.2) is 0 Å². The summed E-state index contributed by atoms with van der Waals surface area (Å²) in [5, 5.41) is 3.90. The first-order chi connectivity index (χ1) is 8.65. The summed E-state index contributed by atoms with van der Waals surface area (Å²) in [7, 11) is 0. The number of thioether (sulfide) groups is 1. The molecule has 98 valence electrons. The quantitative estimate of drug-likeness (QED) is 0.868. The van der Waals surface area contributed by atoms with Crippen LogP contribution in [0.5, 0.6) is 0 Å². The van der Waals surface area contributed by atoms with Crippen molar-refractivity contribution >= 4 is 29.3 Å². The van der Waals surface area contributed by atoms with Gasteiger partial charge >= 0.3 is 0 Å². The third kappa shape index (κ3) is 3.89. The number of aromatic nitrogens is 1. The average molecular weight is 285 g/mol. The Bertz CT molecular complexity index is 413. The molecule has 1 amide bonds. The van der Waals surface area contributed by atoms with Crippen LogP contribution in [-0.2, 0) is 0 Å². The molecule has 5 heteroatoms. The van der Waals surface area contributed by atoms with Crippen molar-refractivity contribution in [3.63, 3.8) is 0 Å². The normalized spacial score (nSPS) is 19.6. The average Bonchev–Trinajstić information content (AvgIpc) is 2.36. The Hall–Kier alpha value is -0.740. The topological polar surface area (TPSA) is 42.0 Å². The Morgan fingerprint density at radius 1 is 1.56 bits per heavy atom. The maximum absolute atomic E-state index is 12.0. The fourth-order valence-electron chi connectivity index (χ4n) is 2.04. The molecule has 3 nitrogen and oxygen atoms in total. The van der Waals surface area contributed by atoms with E-state index in [2.05, 4.69) is 10.3 Å². The number of hydrogen-bond donors (Lipinski definition) is 1. The monoisotopic (exact) mass is 284 g/mol. The van der Waals surface area contributed by atoms with Gasteiger partial charge in [-0.1, -0.05) is 18.0 Å². The van der Waals surface area contributed by atoms with Gasteiger partial charge in [0.2, 0.25) is 0 Å². The lowest BCUT2D eigenvalue weighted by Crippen LogP contribution is -2.32. The molecule has 2 rings (SSSR count). The number of halogens is 1. The first-order valence-electron chi connectivity index (χ1n) is 6.19. The number of nitrogens with one attached hydrogen (secondary N) is 1. The molecule has 1 saturated heterocycles. The van der Waals surface area contributed by atoms with E-state index < -0.39 is 0 Å². The summed E-state index contributed by atoms with van der Waals surface area (Å²) in [4.78, 5) is 16.0. The minimum atomic E-state index is -0.0615. The van der Waals surface area contributed by atoms with Crippen molar-refractivity contribution in [2.75, 3.05) is 12.3 Å². The highest BCUT2D eigenvalue weighted by molar-refractivity contribution is 7.99. The van der Waals surface area contributed by atoms with Crippen LogP contribution in [0, 0.1) is 6.92 Å². The van der Waals surface area contributed by atoms with Crippen molar-refractivity contribution in [3.05, 3.63) is 28.5 Å². The maximum Gasteiger partial charge on any atom is 0.251 e. The number of amides is 1. The second kappa shape index (κ2) is 6.43. The molecule has 1 aliphatic rings. The van der Waals surface area contributed by atoms with Gasteiger partial charge in [0.25, 0.3) is 5.91 Å². The maximum atomic E-state index is 12.0. The molecule has 0 spiro atoms. The van der Waals surface area contributed by atoms with E-state index in [1.54, 1.807) is 12.1 Å². The molecule has 1 aliphatic heterocycles. The van der Waals surface area contributed by atoms with Crippen molar-refractivity contribution in [2.45, 2.75) is 31.4 Å². The predicted octanol–water partition coefficient (Wildman–Crippen LogP) is 3.06. The number of nitrogens with zero attached hydrogens (tertiary/aromatic N) is 1. The molecule has 0 aliphatic carbocycles. The van der Waals surface area contributed by atoms with Crippen LogP contribution < -0.4 is 5.32 Å². The molecule has 0 radical (unpaired) electrons. The number of aryl methyl sites for hydroxylation is 1.